The molecular weight excluding hydrogens is 235 g/mol. The second-order valence-electron chi connectivity index (χ2n) is 2.71. The van der Waals surface area contributed by atoms with Gasteiger partial charge in [0.2, 0.25) is 0 Å². The lowest BCUT2D eigenvalue weighted by atomic mass is 10.3. The van der Waals surface area contributed by atoms with Crippen LogP contribution in [0.2, 0.25) is 10.0 Å². The molecule has 3 nitrogen and oxygen atoms in total. The molecule has 1 aromatic heterocycles. The van der Waals surface area contributed by atoms with E-state index in [0.29, 0.717) is 15.8 Å². The average molecular weight is 241 g/mol. The molecule has 76 valence electrons. The molecule has 0 unspecified atom stereocenters. The number of hydrogen-bond donors (Lipinski definition) is 0. The second kappa shape index (κ2) is 4.47. The van der Waals surface area contributed by atoms with Crippen LogP contribution in [0.1, 0.15) is 0 Å². The van der Waals surface area contributed by atoms with Gasteiger partial charge >= 0.3 is 6.01 Å². The van der Waals surface area contributed by atoms with Crippen molar-refractivity contribution in [3.05, 3.63) is 46.7 Å². The van der Waals surface area contributed by atoms with Gasteiger partial charge in [-0.2, -0.15) is 0 Å². The van der Waals surface area contributed by atoms with Crippen molar-refractivity contribution in [3.8, 4) is 11.8 Å². The van der Waals surface area contributed by atoms with E-state index in [1.165, 1.54) is 0 Å². The Morgan fingerprint density at radius 2 is 1.80 bits per heavy atom. The summed E-state index contributed by atoms with van der Waals surface area (Å²) in [5.41, 5.74) is 0. The molecule has 0 aliphatic heterocycles. The summed E-state index contributed by atoms with van der Waals surface area (Å²) in [6, 6.07) is 6.91. The molecule has 2 aromatic rings. The minimum Gasteiger partial charge on any atom is -0.423 e. The van der Waals surface area contributed by atoms with E-state index in [-0.39, 0.29) is 6.01 Å². The summed E-state index contributed by atoms with van der Waals surface area (Å²) in [4.78, 5) is 7.83. The lowest BCUT2D eigenvalue weighted by Crippen LogP contribution is -1.90. The van der Waals surface area contributed by atoms with Crippen LogP contribution in [0, 0.1) is 0 Å². The summed E-state index contributed by atoms with van der Waals surface area (Å²) in [7, 11) is 0. The summed E-state index contributed by atoms with van der Waals surface area (Å²) >= 11 is 11.7. The maximum Gasteiger partial charge on any atom is 0.321 e. The van der Waals surface area contributed by atoms with Crippen LogP contribution in [0.15, 0.2) is 36.7 Å². The predicted molar refractivity (Wildman–Crippen MR) is 58.6 cm³/mol. The van der Waals surface area contributed by atoms with Crippen LogP contribution in [0.3, 0.4) is 0 Å². The molecule has 0 amide bonds. The zero-order chi connectivity index (χ0) is 10.7. The van der Waals surface area contributed by atoms with Gasteiger partial charge in [-0.3, -0.25) is 0 Å². The SMILES string of the molecule is Clc1ccc(Oc2ncccn2)c(Cl)c1. The Morgan fingerprint density at radius 1 is 1.07 bits per heavy atom. The van der Waals surface area contributed by atoms with E-state index in [2.05, 4.69) is 9.97 Å². The second-order valence-corrected chi connectivity index (χ2v) is 3.55. The highest BCUT2D eigenvalue weighted by atomic mass is 35.5. The molecule has 0 saturated heterocycles. The first-order chi connectivity index (χ1) is 7.25. The fraction of sp³-hybridized carbons (Fsp3) is 0. The highest BCUT2D eigenvalue weighted by molar-refractivity contribution is 6.35. The number of benzene rings is 1. The van der Waals surface area contributed by atoms with E-state index >= 15 is 0 Å². The predicted octanol–water partition coefficient (Wildman–Crippen LogP) is 3.58. The van der Waals surface area contributed by atoms with E-state index in [0.717, 1.165) is 0 Å². The topological polar surface area (TPSA) is 35.0 Å². The molecule has 0 saturated carbocycles. The fourth-order valence-electron chi connectivity index (χ4n) is 0.994. The first-order valence-corrected chi connectivity index (χ1v) is 4.91. The third kappa shape index (κ3) is 2.58. The van der Waals surface area contributed by atoms with Crippen molar-refractivity contribution < 1.29 is 4.74 Å². The zero-order valence-electron chi connectivity index (χ0n) is 7.52. The Labute approximate surface area is 96.6 Å². The van der Waals surface area contributed by atoms with Crippen LogP contribution >= 0.6 is 23.2 Å². The molecule has 1 heterocycles. The van der Waals surface area contributed by atoms with Crippen molar-refractivity contribution >= 4 is 23.2 Å². The van der Waals surface area contributed by atoms with E-state index in [1.54, 1.807) is 36.7 Å². The number of hydrogen-bond acceptors (Lipinski definition) is 3. The smallest absolute Gasteiger partial charge is 0.321 e. The molecular formula is C10H6Cl2N2O. The number of ether oxygens (including phenoxy) is 1. The molecule has 0 spiro atoms. The third-order valence-electron chi connectivity index (χ3n) is 1.64. The van der Waals surface area contributed by atoms with Gasteiger partial charge in [0.15, 0.2) is 0 Å². The zero-order valence-corrected chi connectivity index (χ0v) is 9.03. The molecule has 0 fully saturated rings. The van der Waals surface area contributed by atoms with Gasteiger partial charge in [-0.15, -0.1) is 0 Å². The number of nitrogens with zero attached hydrogens (tertiary/aromatic N) is 2. The molecule has 0 bridgehead atoms. The molecule has 0 aliphatic rings. The first-order valence-electron chi connectivity index (χ1n) is 4.15. The van der Waals surface area contributed by atoms with Gasteiger partial charge in [0.25, 0.3) is 0 Å². The molecule has 0 radical (unpaired) electrons. The number of aromatic nitrogens is 2. The van der Waals surface area contributed by atoms with Gasteiger partial charge in [0.05, 0.1) is 5.02 Å². The Bertz CT molecular complexity index is 462. The summed E-state index contributed by atoms with van der Waals surface area (Å²) in [5.74, 6) is 0.479. The van der Waals surface area contributed by atoms with Gasteiger partial charge in [0, 0.05) is 17.4 Å². The maximum atomic E-state index is 5.91. The fourth-order valence-corrected chi connectivity index (χ4v) is 1.44. The Morgan fingerprint density at radius 3 is 2.47 bits per heavy atom. The molecule has 15 heavy (non-hydrogen) atoms. The van der Waals surface area contributed by atoms with Crippen LogP contribution in [-0.2, 0) is 0 Å². The van der Waals surface area contributed by atoms with Crippen molar-refractivity contribution in [3.63, 3.8) is 0 Å². The Hall–Kier alpha value is -1.32. The van der Waals surface area contributed by atoms with Crippen LogP contribution in [0.25, 0.3) is 0 Å². The average Bonchev–Trinajstić information content (AvgIpc) is 2.24. The van der Waals surface area contributed by atoms with Crippen molar-refractivity contribution in [2.24, 2.45) is 0 Å². The van der Waals surface area contributed by atoms with Crippen LogP contribution in [0.5, 0.6) is 11.8 Å². The van der Waals surface area contributed by atoms with Gasteiger partial charge in [0.1, 0.15) is 5.75 Å². The largest absolute Gasteiger partial charge is 0.423 e. The van der Waals surface area contributed by atoms with Crippen LogP contribution < -0.4 is 4.74 Å². The number of halogens is 2. The van der Waals surface area contributed by atoms with E-state index in [1.807, 2.05) is 0 Å². The monoisotopic (exact) mass is 240 g/mol. The summed E-state index contributed by atoms with van der Waals surface area (Å²) in [5, 5.41) is 0.983. The van der Waals surface area contributed by atoms with Crippen LogP contribution in [0.4, 0.5) is 0 Å². The quantitative estimate of drug-likeness (QED) is 0.805. The van der Waals surface area contributed by atoms with Gasteiger partial charge < -0.3 is 4.74 Å². The van der Waals surface area contributed by atoms with Crippen molar-refractivity contribution in [2.75, 3.05) is 0 Å². The van der Waals surface area contributed by atoms with Gasteiger partial charge in [-0.05, 0) is 24.3 Å². The Balaban J connectivity index is 2.25. The van der Waals surface area contributed by atoms with Gasteiger partial charge in [-0.25, -0.2) is 9.97 Å². The summed E-state index contributed by atoms with van der Waals surface area (Å²) in [6.45, 7) is 0. The molecule has 0 atom stereocenters. The van der Waals surface area contributed by atoms with E-state index in [9.17, 15) is 0 Å². The summed E-state index contributed by atoms with van der Waals surface area (Å²) < 4.78 is 5.35. The van der Waals surface area contributed by atoms with E-state index < -0.39 is 0 Å². The minimum atomic E-state index is 0.252. The standard InChI is InChI=1S/C10H6Cl2N2O/c11-7-2-3-9(8(12)6-7)15-10-13-4-1-5-14-10/h1-6H. The highest BCUT2D eigenvalue weighted by Crippen LogP contribution is 2.29. The normalized spacial score (nSPS) is 10.0. The van der Waals surface area contributed by atoms with Crippen molar-refractivity contribution in [2.45, 2.75) is 0 Å². The molecule has 1 aromatic carbocycles. The third-order valence-corrected chi connectivity index (χ3v) is 2.17. The van der Waals surface area contributed by atoms with E-state index in [4.69, 9.17) is 27.9 Å². The molecule has 0 aliphatic carbocycles. The molecule has 5 heteroatoms. The molecule has 2 rings (SSSR count). The van der Waals surface area contributed by atoms with Crippen molar-refractivity contribution in [1.29, 1.82) is 0 Å². The van der Waals surface area contributed by atoms with Crippen molar-refractivity contribution in [1.82, 2.24) is 9.97 Å². The minimum absolute atomic E-state index is 0.252. The molecule has 0 N–H and O–H groups in total. The van der Waals surface area contributed by atoms with Crippen LogP contribution in [-0.4, -0.2) is 9.97 Å². The highest BCUT2D eigenvalue weighted by Gasteiger charge is 2.04. The summed E-state index contributed by atoms with van der Waals surface area (Å²) in [6.07, 6.45) is 3.18. The maximum absolute atomic E-state index is 5.91. The first kappa shape index (κ1) is 10.2. The lowest BCUT2D eigenvalue weighted by molar-refractivity contribution is 0.442. The van der Waals surface area contributed by atoms with Gasteiger partial charge in [-0.1, -0.05) is 23.2 Å². The lowest BCUT2D eigenvalue weighted by Gasteiger charge is -2.04. The number of rotatable bonds is 2. The Kier molecular flexibility index (Phi) is 3.04.